The summed E-state index contributed by atoms with van der Waals surface area (Å²) in [6.45, 7) is 4.19. The normalized spacial score (nSPS) is 10.5. The number of hydrogen-bond donors (Lipinski definition) is 1. The predicted octanol–water partition coefficient (Wildman–Crippen LogP) is 4.83. The van der Waals surface area contributed by atoms with Gasteiger partial charge >= 0.3 is 0 Å². The number of nitro groups is 1. The number of anilines is 1. The number of amides is 1. The zero-order valence-electron chi connectivity index (χ0n) is 16.6. The topological polar surface area (TPSA) is 104 Å². The summed E-state index contributed by atoms with van der Waals surface area (Å²) in [7, 11) is 0. The SMILES string of the molecule is CCCOc1ccc(-c2csc(NC(=O)COc3ccc([N+](=O)[O-])cc3C)n2)cc1. The maximum absolute atomic E-state index is 12.2. The second-order valence-electron chi connectivity index (χ2n) is 6.45. The largest absolute Gasteiger partial charge is 0.494 e. The smallest absolute Gasteiger partial charge is 0.269 e. The van der Waals surface area contributed by atoms with Gasteiger partial charge in [-0.2, -0.15) is 0 Å². The molecule has 1 amide bonds. The van der Waals surface area contributed by atoms with Crippen LogP contribution in [0.2, 0.25) is 0 Å². The molecule has 3 aromatic rings. The predicted molar refractivity (Wildman–Crippen MR) is 115 cm³/mol. The first-order valence-corrected chi connectivity index (χ1v) is 10.2. The Kier molecular flexibility index (Phi) is 6.97. The van der Waals surface area contributed by atoms with Crippen molar-refractivity contribution in [3.63, 3.8) is 0 Å². The quantitative estimate of drug-likeness (QED) is 0.387. The van der Waals surface area contributed by atoms with Crippen LogP contribution in [0.25, 0.3) is 11.3 Å². The lowest BCUT2D eigenvalue weighted by atomic mass is 10.2. The van der Waals surface area contributed by atoms with Gasteiger partial charge < -0.3 is 9.47 Å². The van der Waals surface area contributed by atoms with E-state index >= 15 is 0 Å². The molecule has 0 saturated heterocycles. The van der Waals surface area contributed by atoms with Gasteiger partial charge in [0, 0.05) is 23.1 Å². The van der Waals surface area contributed by atoms with Gasteiger partial charge in [-0.3, -0.25) is 20.2 Å². The molecule has 0 aliphatic rings. The fourth-order valence-corrected chi connectivity index (χ4v) is 3.35. The molecular formula is C21H21N3O5S. The van der Waals surface area contributed by atoms with E-state index in [4.69, 9.17) is 9.47 Å². The molecule has 0 bridgehead atoms. The Morgan fingerprint density at radius 1 is 1.20 bits per heavy atom. The Labute approximate surface area is 177 Å². The maximum atomic E-state index is 12.2. The minimum absolute atomic E-state index is 0.0235. The molecule has 3 rings (SSSR count). The highest BCUT2D eigenvalue weighted by Gasteiger charge is 2.12. The maximum Gasteiger partial charge on any atom is 0.269 e. The summed E-state index contributed by atoms with van der Waals surface area (Å²) in [5.41, 5.74) is 2.24. The lowest BCUT2D eigenvalue weighted by Crippen LogP contribution is -2.20. The zero-order valence-corrected chi connectivity index (χ0v) is 17.4. The molecule has 0 unspecified atom stereocenters. The average Bonchev–Trinajstić information content (AvgIpc) is 3.20. The molecule has 1 N–H and O–H groups in total. The number of nitrogens with one attached hydrogen (secondary N) is 1. The Morgan fingerprint density at radius 2 is 1.97 bits per heavy atom. The van der Waals surface area contributed by atoms with Crippen molar-refractivity contribution in [2.45, 2.75) is 20.3 Å². The van der Waals surface area contributed by atoms with Crippen molar-refractivity contribution in [1.29, 1.82) is 0 Å². The van der Waals surface area contributed by atoms with Gasteiger partial charge in [-0.1, -0.05) is 6.92 Å². The van der Waals surface area contributed by atoms with E-state index in [2.05, 4.69) is 17.2 Å². The minimum atomic E-state index is -0.477. The number of rotatable bonds is 9. The molecule has 0 aliphatic heterocycles. The first-order valence-electron chi connectivity index (χ1n) is 9.32. The van der Waals surface area contributed by atoms with Gasteiger partial charge in [0.25, 0.3) is 11.6 Å². The summed E-state index contributed by atoms with van der Waals surface area (Å²) in [5.74, 6) is 0.862. The molecule has 1 heterocycles. The zero-order chi connectivity index (χ0) is 21.5. The van der Waals surface area contributed by atoms with Crippen molar-refractivity contribution in [3.05, 3.63) is 63.5 Å². The number of non-ortho nitro benzene ring substituents is 1. The molecule has 2 aromatic carbocycles. The molecule has 30 heavy (non-hydrogen) atoms. The standard InChI is InChI=1S/C21H21N3O5S/c1-3-10-28-17-7-4-15(5-8-17)18-13-30-21(22-18)23-20(25)12-29-19-9-6-16(24(26)27)11-14(19)2/h4-9,11,13H,3,10,12H2,1-2H3,(H,22,23,25). The van der Waals surface area contributed by atoms with E-state index in [9.17, 15) is 14.9 Å². The number of aryl methyl sites for hydroxylation is 1. The molecule has 1 aromatic heterocycles. The van der Waals surface area contributed by atoms with Crippen LogP contribution in [0.4, 0.5) is 10.8 Å². The van der Waals surface area contributed by atoms with Gasteiger partial charge in [0.2, 0.25) is 0 Å². The molecular weight excluding hydrogens is 406 g/mol. The number of hydrogen-bond acceptors (Lipinski definition) is 7. The van der Waals surface area contributed by atoms with Gasteiger partial charge in [0.05, 0.1) is 17.2 Å². The second kappa shape index (κ2) is 9.84. The van der Waals surface area contributed by atoms with Crippen molar-refractivity contribution in [2.24, 2.45) is 0 Å². The van der Waals surface area contributed by atoms with Crippen molar-refractivity contribution in [2.75, 3.05) is 18.5 Å². The van der Waals surface area contributed by atoms with Crippen LogP contribution < -0.4 is 14.8 Å². The summed E-state index contributed by atoms with van der Waals surface area (Å²) in [4.78, 5) is 26.9. The van der Waals surface area contributed by atoms with Gasteiger partial charge in [-0.05, 0) is 49.2 Å². The van der Waals surface area contributed by atoms with Crippen molar-refractivity contribution >= 4 is 28.1 Å². The van der Waals surface area contributed by atoms with Gasteiger partial charge in [-0.15, -0.1) is 11.3 Å². The van der Waals surface area contributed by atoms with E-state index in [1.54, 1.807) is 6.92 Å². The van der Waals surface area contributed by atoms with Crippen LogP contribution in [-0.4, -0.2) is 29.0 Å². The first kappa shape index (κ1) is 21.3. The number of carbonyl (C=O) groups is 1. The molecule has 8 nitrogen and oxygen atoms in total. The summed E-state index contributed by atoms with van der Waals surface area (Å²) < 4.78 is 11.0. The highest BCUT2D eigenvalue weighted by molar-refractivity contribution is 7.14. The van der Waals surface area contributed by atoms with Gasteiger partial charge in [0.1, 0.15) is 11.5 Å². The molecule has 0 radical (unpaired) electrons. The van der Waals surface area contributed by atoms with Crippen LogP contribution in [0, 0.1) is 17.0 Å². The Balaban J connectivity index is 1.55. The van der Waals surface area contributed by atoms with Crippen LogP contribution >= 0.6 is 11.3 Å². The number of benzene rings is 2. The van der Waals surface area contributed by atoms with E-state index in [0.717, 1.165) is 23.4 Å². The third kappa shape index (κ3) is 5.54. The van der Waals surface area contributed by atoms with Crippen LogP contribution in [0.5, 0.6) is 11.5 Å². The van der Waals surface area contributed by atoms with E-state index in [-0.39, 0.29) is 18.2 Å². The fourth-order valence-electron chi connectivity index (χ4n) is 2.61. The highest BCUT2D eigenvalue weighted by atomic mass is 32.1. The Hall–Kier alpha value is -3.46. The summed E-state index contributed by atoms with van der Waals surface area (Å²) in [6.07, 6.45) is 0.949. The second-order valence-corrected chi connectivity index (χ2v) is 7.31. The van der Waals surface area contributed by atoms with Crippen molar-refractivity contribution in [1.82, 2.24) is 4.98 Å². The molecule has 156 valence electrons. The van der Waals surface area contributed by atoms with Crippen LogP contribution in [0.3, 0.4) is 0 Å². The number of carbonyl (C=O) groups excluding carboxylic acids is 1. The average molecular weight is 427 g/mol. The van der Waals surface area contributed by atoms with E-state index < -0.39 is 4.92 Å². The van der Waals surface area contributed by atoms with E-state index in [1.807, 2.05) is 29.6 Å². The summed E-state index contributed by atoms with van der Waals surface area (Å²) >= 11 is 1.32. The highest BCUT2D eigenvalue weighted by Crippen LogP contribution is 2.27. The molecule has 0 saturated carbocycles. The van der Waals surface area contributed by atoms with E-state index in [0.29, 0.717) is 23.1 Å². The van der Waals surface area contributed by atoms with Crippen molar-refractivity contribution in [3.8, 4) is 22.8 Å². The summed E-state index contributed by atoms with van der Waals surface area (Å²) in [6, 6.07) is 11.9. The Morgan fingerprint density at radius 3 is 2.63 bits per heavy atom. The van der Waals surface area contributed by atoms with Crippen LogP contribution in [0.1, 0.15) is 18.9 Å². The molecule has 0 spiro atoms. The molecule has 0 fully saturated rings. The number of thiazole rings is 1. The first-order chi connectivity index (χ1) is 14.5. The third-order valence-corrected chi connectivity index (χ3v) is 4.86. The third-order valence-electron chi connectivity index (χ3n) is 4.10. The minimum Gasteiger partial charge on any atom is -0.494 e. The lowest BCUT2D eigenvalue weighted by Gasteiger charge is -2.08. The number of nitro benzene ring substituents is 1. The van der Waals surface area contributed by atoms with Crippen LogP contribution in [-0.2, 0) is 4.79 Å². The number of ether oxygens (including phenoxy) is 2. The van der Waals surface area contributed by atoms with Gasteiger partial charge in [-0.25, -0.2) is 4.98 Å². The van der Waals surface area contributed by atoms with Crippen molar-refractivity contribution < 1.29 is 19.2 Å². The monoisotopic (exact) mass is 427 g/mol. The lowest BCUT2D eigenvalue weighted by molar-refractivity contribution is -0.384. The Bertz CT molecular complexity index is 1030. The van der Waals surface area contributed by atoms with Crippen LogP contribution in [0.15, 0.2) is 47.8 Å². The summed E-state index contributed by atoms with van der Waals surface area (Å²) in [5, 5.41) is 15.8. The number of nitrogens with zero attached hydrogens (tertiary/aromatic N) is 2. The molecule has 9 heteroatoms. The number of aromatic nitrogens is 1. The fraction of sp³-hybridized carbons (Fsp3) is 0.238. The molecule has 0 atom stereocenters. The van der Waals surface area contributed by atoms with Gasteiger partial charge in [0.15, 0.2) is 11.7 Å². The molecule has 0 aliphatic carbocycles. The van der Waals surface area contributed by atoms with E-state index in [1.165, 1.54) is 29.5 Å².